The molecule has 0 amide bonds. The molecule has 1 aliphatic heterocycles. The fourth-order valence-corrected chi connectivity index (χ4v) is 2.21. The number of benzene rings is 1. The third kappa shape index (κ3) is 2.40. The molecule has 0 saturated heterocycles. The molecule has 0 bridgehead atoms. The summed E-state index contributed by atoms with van der Waals surface area (Å²) >= 11 is 0. The maximum Gasteiger partial charge on any atom is 0.115 e. The molecule has 100 valence electrons. The minimum atomic E-state index is 0.588. The molecular weight excluding hydrogens is 248 g/mol. The Morgan fingerprint density at radius 3 is 2.85 bits per heavy atom. The number of aryl methyl sites for hydroxylation is 1. The second kappa shape index (κ2) is 5.17. The SMILES string of the molecule is Cc1ccc(N)cc1N1C=CC(c2cccnc2)=NC1. The molecule has 20 heavy (non-hydrogen) atoms. The van der Waals surface area contributed by atoms with Gasteiger partial charge in [-0.2, -0.15) is 0 Å². The van der Waals surface area contributed by atoms with Gasteiger partial charge in [-0.3, -0.25) is 9.98 Å². The lowest BCUT2D eigenvalue weighted by molar-refractivity contribution is 0.957. The Morgan fingerprint density at radius 1 is 1.25 bits per heavy atom. The molecule has 1 aromatic heterocycles. The predicted octanol–water partition coefficient (Wildman–Crippen LogP) is 2.75. The van der Waals surface area contributed by atoms with Gasteiger partial charge in [0.25, 0.3) is 0 Å². The third-order valence-electron chi connectivity index (χ3n) is 3.31. The minimum absolute atomic E-state index is 0.588. The molecule has 0 atom stereocenters. The lowest BCUT2D eigenvalue weighted by Crippen LogP contribution is -2.22. The van der Waals surface area contributed by atoms with Crippen molar-refractivity contribution in [3.63, 3.8) is 0 Å². The van der Waals surface area contributed by atoms with Crippen LogP contribution in [0.3, 0.4) is 0 Å². The number of rotatable bonds is 2. The summed E-state index contributed by atoms with van der Waals surface area (Å²) < 4.78 is 0. The highest BCUT2D eigenvalue weighted by atomic mass is 15.2. The first kappa shape index (κ1) is 12.4. The molecule has 4 heteroatoms. The van der Waals surface area contributed by atoms with Gasteiger partial charge < -0.3 is 10.6 Å². The number of anilines is 2. The first-order valence-corrected chi connectivity index (χ1v) is 6.50. The van der Waals surface area contributed by atoms with Gasteiger partial charge in [-0.15, -0.1) is 0 Å². The van der Waals surface area contributed by atoms with Crippen LogP contribution in [-0.2, 0) is 0 Å². The average Bonchev–Trinajstić information content (AvgIpc) is 2.51. The topological polar surface area (TPSA) is 54.5 Å². The lowest BCUT2D eigenvalue weighted by Gasteiger charge is -2.24. The van der Waals surface area contributed by atoms with Crippen molar-refractivity contribution in [3.8, 4) is 0 Å². The second-order valence-electron chi connectivity index (χ2n) is 4.76. The van der Waals surface area contributed by atoms with Crippen LogP contribution in [0.4, 0.5) is 11.4 Å². The first-order valence-electron chi connectivity index (χ1n) is 6.50. The number of aromatic nitrogens is 1. The van der Waals surface area contributed by atoms with Gasteiger partial charge in [-0.1, -0.05) is 6.07 Å². The van der Waals surface area contributed by atoms with Gasteiger partial charge in [0.2, 0.25) is 0 Å². The molecule has 3 rings (SSSR count). The van der Waals surface area contributed by atoms with Crippen LogP contribution in [0.5, 0.6) is 0 Å². The highest BCUT2D eigenvalue weighted by Crippen LogP contribution is 2.24. The zero-order valence-corrected chi connectivity index (χ0v) is 11.3. The van der Waals surface area contributed by atoms with Crippen molar-refractivity contribution in [2.75, 3.05) is 17.3 Å². The number of nitrogen functional groups attached to an aromatic ring is 1. The van der Waals surface area contributed by atoms with Gasteiger partial charge in [0.15, 0.2) is 0 Å². The van der Waals surface area contributed by atoms with Crippen LogP contribution in [0, 0.1) is 6.92 Å². The third-order valence-corrected chi connectivity index (χ3v) is 3.31. The minimum Gasteiger partial charge on any atom is -0.399 e. The van der Waals surface area contributed by atoms with E-state index < -0.39 is 0 Å². The molecule has 0 saturated carbocycles. The van der Waals surface area contributed by atoms with Gasteiger partial charge in [0.05, 0.1) is 5.71 Å². The number of nitrogens with two attached hydrogens (primary N) is 1. The fraction of sp³-hybridized carbons (Fsp3) is 0.125. The largest absolute Gasteiger partial charge is 0.399 e. The molecule has 2 N–H and O–H groups in total. The number of pyridine rings is 1. The fourth-order valence-electron chi connectivity index (χ4n) is 2.21. The molecule has 0 radical (unpaired) electrons. The molecule has 0 unspecified atom stereocenters. The Bertz CT molecular complexity index is 674. The maximum atomic E-state index is 5.86. The summed E-state index contributed by atoms with van der Waals surface area (Å²) in [6.07, 6.45) is 7.63. The summed E-state index contributed by atoms with van der Waals surface area (Å²) in [6.45, 7) is 2.66. The molecule has 4 nitrogen and oxygen atoms in total. The molecule has 0 aliphatic carbocycles. The monoisotopic (exact) mass is 264 g/mol. The summed E-state index contributed by atoms with van der Waals surface area (Å²) in [5.74, 6) is 0. The van der Waals surface area contributed by atoms with E-state index in [1.165, 1.54) is 5.56 Å². The van der Waals surface area contributed by atoms with E-state index in [1.807, 2.05) is 48.8 Å². The number of allylic oxidation sites excluding steroid dienone is 1. The van der Waals surface area contributed by atoms with Crippen molar-refractivity contribution in [3.05, 3.63) is 66.1 Å². The van der Waals surface area contributed by atoms with Crippen LogP contribution < -0.4 is 10.6 Å². The van der Waals surface area contributed by atoms with Crippen LogP contribution in [0.1, 0.15) is 11.1 Å². The van der Waals surface area contributed by atoms with Gasteiger partial charge in [0, 0.05) is 35.5 Å². The summed E-state index contributed by atoms with van der Waals surface area (Å²) in [5, 5.41) is 0. The van der Waals surface area contributed by atoms with Crippen LogP contribution in [0.25, 0.3) is 0 Å². The van der Waals surface area contributed by atoms with E-state index >= 15 is 0 Å². The Balaban J connectivity index is 1.84. The molecule has 0 spiro atoms. The lowest BCUT2D eigenvalue weighted by atomic mass is 10.1. The van der Waals surface area contributed by atoms with Gasteiger partial charge in [-0.05, 0) is 42.8 Å². The number of hydrogen-bond donors (Lipinski definition) is 1. The van der Waals surface area contributed by atoms with E-state index in [2.05, 4.69) is 21.8 Å². The van der Waals surface area contributed by atoms with Crippen LogP contribution >= 0.6 is 0 Å². The Morgan fingerprint density at radius 2 is 2.15 bits per heavy atom. The summed E-state index contributed by atoms with van der Waals surface area (Å²) in [7, 11) is 0. The number of aliphatic imine (C=N–C) groups is 1. The molecule has 0 fully saturated rings. The van der Waals surface area contributed by atoms with Gasteiger partial charge >= 0.3 is 0 Å². The van der Waals surface area contributed by atoms with Crippen molar-refractivity contribution in [2.45, 2.75) is 6.92 Å². The molecule has 1 aliphatic rings. The van der Waals surface area contributed by atoms with E-state index in [4.69, 9.17) is 5.73 Å². The summed E-state index contributed by atoms with van der Waals surface area (Å²) in [6, 6.07) is 9.84. The zero-order valence-electron chi connectivity index (χ0n) is 11.3. The molecular formula is C16H16N4. The smallest absolute Gasteiger partial charge is 0.115 e. The van der Waals surface area contributed by atoms with Crippen LogP contribution in [0.15, 0.2) is 60.0 Å². The predicted molar refractivity (Wildman–Crippen MR) is 82.9 cm³/mol. The van der Waals surface area contributed by atoms with E-state index in [0.717, 1.165) is 22.6 Å². The van der Waals surface area contributed by atoms with Gasteiger partial charge in [0.1, 0.15) is 6.67 Å². The van der Waals surface area contributed by atoms with E-state index in [0.29, 0.717) is 6.67 Å². The number of nitrogens with zero attached hydrogens (tertiary/aromatic N) is 3. The van der Waals surface area contributed by atoms with Crippen molar-refractivity contribution in [1.29, 1.82) is 0 Å². The van der Waals surface area contributed by atoms with Crippen molar-refractivity contribution < 1.29 is 0 Å². The standard InChI is InChI=1S/C16H16N4/c1-12-4-5-14(17)9-16(12)20-8-6-15(19-11-20)13-3-2-7-18-10-13/h2-10H,11,17H2,1H3. The van der Waals surface area contributed by atoms with Crippen molar-refractivity contribution in [1.82, 2.24) is 4.98 Å². The zero-order chi connectivity index (χ0) is 13.9. The summed E-state index contributed by atoms with van der Waals surface area (Å²) in [4.78, 5) is 10.8. The average molecular weight is 264 g/mol. The highest BCUT2D eigenvalue weighted by Gasteiger charge is 2.11. The van der Waals surface area contributed by atoms with Gasteiger partial charge in [-0.25, -0.2) is 0 Å². The van der Waals surface area contributed by atoms with Crippen LogP contribution in [-0.4, -0.2) is 17.4 Å². The number of hydrogen-bond acceptors (Lipinski definition) is 4. The van der Waals surface area contributed by atoms with Crippen molar-refractivity contribution >= 4 is 17.1 Å². The Kier molecular flexibility index (Phi) is 3.21. The first-order chi connectivity index (χ1) is 9.74. The van der Waals surface area contributed by atoms with E-state index in [9.17, 15) is 0 Å². The van der Waals surface area contributed by atoms with Crippen molar-refractivity contribution in [2.24, 2.45) is 4.99 Å². The quantitative estimate of drug-likeness (QED) is 0.848. The summed E-state index contributed by atoms with van der Waals surface area (Å²) in [5.41, 5.74) is 10.9. The maximum absolute atomic E-state index is 5.86. The second-order valence-corrected chi connectivity index (χ2v) is 4.76. The highest BCUT2D eigenvalue weighted by molar-refractivity contribution is 6.09. The molecule has 2 aromatic rings. The van der Waals surface area contributed by atoms with E-state index in [-0.39, 0.29) is 0 Å². The van der Waals surface area contributed by atoms with Crippen LogP contribution in [0.2, 0.25) is 0 Å². The molecule has 1 aromatic carbocycles. The molecule has 2 heterocycles. The van der Waals surface area contributed by atoms with E-state index in [1.54, 1.807) is 6.20 Å². The Labute approximate surface area is 118 Å². The Hall–Kier alpha value is -2.62. The normalized spacial score (nSPS) is 14.2.